The van der Waals surface area contributed by atoms with E-state index in [4.69, 9.17) is 4.98 Å². The molecule has 6 nitrogen and oxygen atoms in total. The van der Waals surface area contributed by atoms with Gasteiger partial charge < -0.3 is 4.57 Å². The number of benzene rings is 13. The lowest BCUT2D eigenvalue weighted by atomic mass is 9.64. The number of fused-ring (bicyclic) bond motifs is 13. The van der Waals surface area contributed by atoms with Crippen molar-refractivity contribution in [3.63, 3.8) is 0 Å². The number of pyridine rings is 1. The summed E-state index contributed by atoms with van der Waals surface area (Å²) in [5, 5.41) is 3.66. The minimum Gasteiger partial charge on any atom is -0.309 e. The maximum atomic E-state index is 16.0. The standard InChI is InChI=1S/C87H57N3O3S2/c1-94(91)79-46-26-22-42-71(79)85(57-28-8-2-9-29-57,58-30-10-3-11-31-58)75-56-78-69(54-81(75)94)67-40-20-24-44-76(67)89(78)63-48-50-65-66-51-49-64(53-74(66)86(73(65)52-63,59-32-12-4-13-33-59)60-34-14-5-15-35-60)90-77-45-25-21-41-68(77)70-55-82-83(88-84(70)90)87(61-36-16-6-17-37-61,62-38-18-7-19-39-62)72-43-23-27-47-80(72)95(82,92)93/h2-56H,1H2. The van der Waals surface area contributed by atoms with Crippen molar-refractivity contribution in [2.75, 3.05) is 0 Å². The molecular formula is C87H57N3O3S2. The number of aromatic nitrogens is 3. The molecule has 16 aromatic rings. The zero-order chi connectivity index (χ0) is 63.4. The fraction of sp³-hybridized carbons (Fsp3) is 0.0345. The molecule has 0 saturated heterocycles. The summed E-state index contributed by atoms with van der Waals surface area (Å²) in [4.78, 5) is 7.79. The van der Waals surface area contributed by atoms with Gasteiger partial charge in [0.25, 0.3) is 0 Å². The summed E-state index contributed by atoms with van der Waals surface area (Å²) >= 11 is 0. The Bertz CT molecular complexity index is 5650. The van der Waals surface area contributed by atoms with E-state index in [-0.39, 0.29) is 9.79 Å². The lowest BCUT2D eigenvalue weighted by Crippen LogP contribution is -2.38. The van der Waals surface area contributed by atoms with Gasteiger partial charge in [0, 0.05) is 52.2 Å². The van der Waals surface area contributed by atoms with Crippen molar-refractivity contribution in [1.82, 2.24) is 14.1 Å². The van der Waals surface area contributed by atoms with E-state index in [0.717, 1.165) is 126 Å². The predicted molar refractivity (Wildman–Crippen MR) is 384 cm³/mol. The second-order valence-electron chi connectivity index (χ2n) is 25.4. The fourth-order valence-electron chi connectivity index (χ4n) is 17.1. The van der Waals surface area contributed by atoms with E-state index in [1.807, 2.05) is 78.9 Å². The van der Waals surface area contributed by atoms with Crippen molar-refractivity contribution in [2.45, 2.75) is 35.8 Å². The van der Waals surface area contributed by atoms with Crippen molar-refractivity contribution in [1.29, 1.82) is 0 Å². The summed E-state index contributed by atoms with van der Waals surface area (Å²) in [6.07, 6.45) is 0. The van der Waals surface area contributed by atoms with Crippen molar-refractivity contribution in [2.24, 2.45) is 0 Å². The molecule has 5 heterocycles. The number of rotatable bonds is 8. The molecule has 0 fully saturated rings. The van der Waals surface area contributed by atoms with E-state index < -0.39 is 35.6 Å². The number of sulfone groups is 1. The van der Waals surface area contributed by atoms with E-state index in [9.17, 15) is 0 Å². The Morgan fingerprint density at radius 3 is 1.17 bits per heavy atom. The first kappa shape index (κ1) is 55.2. The number of nitrogens with zero attached hydrogens (tertiary/aromatic N) is 3. The van der Waals surface area contributed by atoms with Gasteiger partial charge in [-0.25, -0.2) is 13.4 Å². The highest BCUT2D eigenvalue weighted by atomic mass is 32.2. The molecule has 0 bridgehead atoms. The molecular weight excluding hydrogens is 1200 g/mol. The van der Waals surface area contributed by atoms with E-state index in [2.05, 4.69) is 264 Å². The average Bonchev–Trinajstić information content (AvgIpc) is 1.67. The Labute approximate surface area is 550 Å². The second-order valence-corrected chi connectivity index (χ2v) is 29.5. The van der Waals surface area contributed by atoms with Crippen LogP contribution in [0, 0.1) is 0 Å². The number of hydrogen-bond acceptors (Lipinski definition) is 4. The predicted octanol–water partition coefficient (Wildman–Crippen LogP) is 19.0. The highest BCUT2D eigenvalue weighted by molar-refractivity contribution is 8.00. The van der Waals surface area contributed by atoms with E-state index >= 15 is 12.6 Å². The Kier molecular flexibility index (Phi) is 11.8. The zero-order valence-corrected chi connectivity index (χ0v) is 53.0. The largest absolute Gasteiger partial charge is 0.309 e. The third kappa shape index (κ3) is 7.32. The maximum absolute atomic E-state index is 16.0. The van der Waals surface area contributed by atoms with Gasteiger partial charge in [0.2, 0.25) is 9.84 Å². The van der Waals surface area contributed by atoms with Crippen LogP contribution in [0.15, 0.2) is 353 Å². The number of para-hydroxylation sites is 2. The summed E-state index contributed by atoms with van der Waals surface area (Å²) in [6.45, 7) is 0. The summed E-state index contributed by atoms with van der Waals surface area (Å²) in [6, 6.07) is 117. The summed E-state index contributed by atoms with van der Waals surface area (Å²) in [5.41, 5.74) is 16.1. The van der Waals surface area contributed by atoms with Gasteiger partial charge in [0.05, 0.1) is 48.3 Å². The molecule has 8 heteroatoms. The van der Waals surface area contributed by atoms with Gasteiger partial charge >= 0.3 is 0 Å². The first-order chi connectivity index (χ1) is 46.6. The summed E-state index contributed by atoms with van der Waals surface area (Å²) in [7, 11) is -7.15. The molecule has 0 radical (unpaired) electrons. The van der Waals surface area contributed by atoms with Crippen LogP contribution in [0.1, 0.15) is 66.9 Å². The van der Waals surface area contributed by atoms with Gasteiger partial charge in [-0.3, -0.25) is 8.78 Å². The second kappa shape index (κ2) is 20.3. The maximum Gasteiger partial charge on any atom is 0.208 e. The molecule has 0 N–H and O–H groups in total. The normalized spacial score (nSPS) is 16.5. The minimum atomic E-state index is -4.10. The van der Waals surface area contributed by atoms with Gasteiger partial charge in [0.15, 0.2) is 0 Å². The van der Waals surface area contributed by atoms with Gasteiger partial charge in [-0.2, -0.15) is 0 Å². The Morgan fingerprint density at radius 1 is 0.284 bits per heavy atom. The molecule has 2 aliphatic heterocycles. The van der Waals surface area contributed by atoms with Crippen molar-refractivity contribution < 1.29 is 12.6 Å². The van der Waals surface area contributed by atoms with Crippen LogP contribution in [0.3, 0.4) is 0 Å². The van der Waals surface area contributed by atoms with E-state index in [0.29, 0.717) is 16.9 Å². The lowest BCUT2D eigenvalue weighted by Gasteiger charge is -2.43. The molecule has 19 rings (SSSR count). The molecule has 3 aliphatic rings. The molecule has 1 atom stereocenters. The third-order valence-corrected chi connectivity index (χ3v) is 24.8. The van der Waals surface area contributed by atoms with Crippen molar-refractivity contribution in [3.05, 3.63) is 401 Å². The zero-order valence-electron chi connectivity index (χ0n) is 51.3. The SMILES string of the molecule is C=S1(=O)c2ccccc2C(c2ccccc2)(c2ccccc2)c2cc3c(cc21)c1ccccc1n3-c1ccc2c(c1)C(c1ccccc1)(c1ccccc1)c1cc(-n3c4ccccc4c4cc5c(nc43)C(c3ccccc3)(c3ccccc3)c3ccccc3S5(=O)=O)ccc1-2. The van der Waals surface area contributed by atoms with Gasteiger partial charge in [-0.15, -0.1) is 0 Å². The highest BCUT2D eigenvalue weighted by Gasteiger charge is 2.52. The topological polar surface area (TPSA) is 74.0 Å². The van der Waals surface area contributed by atoms with Crippen molar-refractivity contribution >= 4 is 69.0 Å². The van der Waals surface area contributed by atoms with Crippen LogP contribution >= 0.6 is 0 Å². The Hall–Kier alpha value is -11.4. The first-order valence-electron chi connectivity index (χ1n) is 32.1. The lowest BCUT2D eigenvalue weighted by molar-refractivity contribution is 0.574. The van der Waals surface area contributed by atoms with Gasteiger partial charge in [-0.1, -0.05) is 267 Å². The average molecular weight is 1260 g/mol. The molecule has 13 aromatic carbocycles. The molecule has 0 saturated carbocycles. The van der Waals surface area contributed by atoms with Crippen LogP contribution in [-0.2, 0) is 35.6 Å². The van der Waals surface area contributed by atoms with Crippen LogP contribution in [-0.4, -0.2) is 32.6 Å². The fourth-order valence-corrected chi connectivity index (χ4v) is 20.8. The molecule has 3 aromatic heterocycles. The van der Waals surface area contributed by atoms with Crippen molar-refractivity contribution in [3.8, 4) is 22.5 Å². The summed E-state index contributed by atoms with van der Waals surface area (Å²) in [5.74, 6) is 4.65. The van der Waals surface area contributed by atoms with Crippen LogP contribution in [0.2, 0.25) is 0 Å². The molecule has 1 aliphatic carbocycles. The van der Waals surface area contributed by atoms with Crippen LogP contribution in [0.4, 0.5) is 0 Å². The van der Waals surface area contributed by atoms with Gasteiger partial charge in [-0.05, 0) is 145 Å². The quantitative estimate of drug-likeness (QED) is 0.142. The molecule has 0 amide bonds. The Morgan fingerprint density at radius 2 is 0.663 bits per heavy atom. The monoisotopic (exact) mass is 1260 g/mol. The Balaban J connectivity index is 0.881. The third-order valence-electron chi connectivity index (χ3n) is 20.9. The van der Waals surface area contributed by atoms with E-state index in [1.54, 1.807) is 6.07 Å². The van der Waals surface area contributed by atoms with Crippen LogP contribution < -0.4 is 0 Å². The van der Waals surface area contributed by atoms with Crippen LogP contribution in [0.5, 0.6) is 0 Å². The van der Waals surface area contributed by atoms with Crippen LogP contribution in [0.25, 0.3) is 66.2 Å². The molecule has 1 unspecified atom stereocenters. The highest BCUT2D eigenvalue weighted by Crippen LogP contribution is 2.60. The number of hydrogen-bond donors (Lipinski definition) is 0. The smallest absolute Gasteiger partial charge is 0.208 e. The summed E-state index contributed by atoms with van der Waals surface area (Å²) < 4.78 is 51.6. The van der Waals surface area contributed by atoms with Gasteiger partial charge in [0.1, 0.15) is 5.65 Å². The van der Waals surface area contributed by atoms with E-state index in [1.165, 1.54) is 0 Å². The molecule has 0 spiro atoms. The molecule has 450 valence electrons. The minimum absolute atomic E-state index is 0.189. The molecule has 95 heavy (non-hydrogen) atoms. The first-order valence-corrected chi connectivity index (χ1v) is 35.3.